The fourth-order valence-corrected chi connectivity index (χ4v) is 3.07. The second kappa shape index (κ2) is 7.42. The molecule has 2 atom stereocenters. The molecule has 2 unspecified atom stereocenters. The van der Waals surface area contributed by atoms with Gasteiger partial charge in [-0.2, -0.15) is 13.2 Å². The van der Waals surface area contributed by atoms with Crippen LogP contribution in [0.3, 0.4) is 0 Å². The molecule has 1 aromatic heterocycles. The van der Waals surface area contributed by atoms with Crippen LogP contribution in [0.1, 0.15) is 24.3 Å². The van der Waals surface area contributed by atoms with E-state index in [9.17, 15) is 26.3 Å². The first kappa shape index (κ1) is 20.1. The number of halogens is 7. The van der Waals surface area contributed by atoms with Crippen LogP contribution >= 0.6 is 11.6 Å². The van der Waals surface area contributed by atoms with Crippen molar-refractivity contribution < 1.29 is 26.3 Å². The lowest BCUT2D eigenvalue weighted by Crippen LogP contribution is -2.45. The van der Waals surface area contributed by atoms with Gasteiger partial charge >= 0.3 is 6.18 Å². The van der Waals surface area contributed by atoms with Crippen LogP contribution in [-0.4, -0.2) is 33.3 Å². The monoisotopic (exact) mass is 420 g/mol. The van der Waals surface area contributed by atoms with Crippen LogP contribution in [0.2, 0.25) is 0 Å². The van der Waals surface area contributed by atoms with Gasteiger partial charge in [-0.3, -0.25) is 15.0 Å². The van der Waals surface area contributed by atoms with E-state index in [0.717, 1.165) is 13.1 Å². The van der Waals surface area contributed by atoms with Gasteiger partial charge in [-0.1, -0.05) is 11.6 Å². The molecule has 148 valence electrons. The lowest BCUT2D eigenvalue weighted by atomic mass is 10.0. The minimum absolute atomic E-state index is 0.0482. The third-order valence-corrected chi connectivity index (χ3v) is 4.47. The number of aliphatic imine (C=N–C) groups is 1. The van der Waals surface area contributed by atoms with Crippen LogP contribution in [0.25, 0.3) is 5.57 Å². The molecule has 0 saturated carbocycles. The molecule has 4 nitrogen and oxygen atoms in total. The standard InChI is InChI=1S/C17H11ClF6N4/c1-8(17(22,23)24)28-15(18)10(14-11(20)4-9(19)5-12(14)21)6-27-16(28)13-7-25-2-3-26-13/h2-8,16H,1H3. The third kappa shape index (κ3) is 3.68. The lowest BCUT2D eigenvalue weighted by Gasteiger charge is -2.38. The molecular weight excluding hydrogens is 410 g/mol. The largest absolute Gasteiger partial charge is 0.408 e. The normalized spacial score (nSPS) is 18.6. The number of hydrogen-bond acceptors (Lipinski definition) is 4. The van der Waals surface area contributed by atoms with Crippen molar-refractivity contribution >= 4 is 23.4 Å². The lowest BCUT2D eigenvalue weighted by molar-refractivity contribution is -0.178. The Balaban J connectivity index is 2.18. The van der Waals surface area contributed by atoms with E-state index in [1.54, 1.807) is 0 Å². The maximum absolute atomic E-state index is 14.2. The number of nitrogens with zero attached hydrogens (tertiary/aromatic N) is 4. The second-order valence-electron chi connectivity index (χ2n) is 5.86. The van der Waals surface area contributed by atoms with Crippen molar-refractivity contribution in [3.8, 4) is 0 Å². The summed E-state index contributed by atoms with van der Waals surface area (Å²) in [6.45, 7) is 0.821. The molecule has 28 heavy (non-hydrogen) atoms. The Labute approximate surface area is 160 Å². The maximum Gasteiger partial charge on any atom is 0.408 e. The predicted molar refractivity (Wildman–Crippen MR) is 89.7 cm³/mol. The summed E-state index contributed by atoms with van der Waals surface area (Å²) in [5, 5.41) is -0.611. The molecule has 0 fully saturated rings. The van der Waals surface area contributed by atoms with Gasteiger partial charge in [-0.25, -0.2) is 13.2 Å². The van der Waals surface area contributed by atoms with Crippen molar-refractivity contribution in [3.05, 3.63) is 64.6 Å². The number of rotatable bonds is 3. The Hall–Kier alpha value is -2.62. The molecule has 0 amide bonds. The van der Waals surface area contributed by atoms with Crippen LogP contribution in [0.15, 0.2) is 40.9 Å². The zero-order valence-electron chi connectivity index (χ0n) is 14.1. The van der Waals surface area contributed by atoms with Crippen LogP contribution in [0.4, 0.5) is 26.3 Å². The van der Waals surface area contributed by atoms with Gasteiger partial charge in [0.1, 0.15) is 34.3 Å². The number of allylic oxidation sites excluding steroid dienone is 1. The van der Waals surface area contributed by atoms with Crippen molar-refractivity contribution in [1.29, 1.82) is 0 Å². The molecule has 3 rings (SSSR count). The number of aromatic nitrogens is 2. The highest BCUT2D eigenvalue weighted by molar-refractivity contribution is 6.37. The topological polar surface area (TPSA) is 41.4 Å². The molecule has 2 aromatic rings. The molecule has 0 aliphatic carbocycles. The van der Waals surface area contributed by atoms with Gasteiger partial charge in [-0.15, -0.1) is 0 Å². The maximum atomic E-state index is 14.2. The first-order valence-corrected chi connectivity index (χ1v) is 8.18. The Morgan fingerprint density at radius 1 is 1.11 bits per heavy atom. The molecule has 0 radical (unpaired) electrons. The summed E-state index contributed by atoms with van der Waals surface area (Å²) < 4.78 is 81.8. The number of hydrogen-bond donors (Lipinski definition) is 0. The number of benzene rings is 1. The van der Waals surface area contributed by atoms with Crippen LogP contribution in [0, 0.1) is 17.5 Å². The number of alkyl halides is 3. The average Bonchev–Trinajstić information content (AvgIpc) is 2.61. The van der Waals surface area contributed by atoms with Gasteiger partial charge in [0.15, 0.2) is 6.17 Å². The minimum atomic E-state index is -4.74. The smallest absolute Gasteiger partial charge is 0.323 e. The van der Waals surface area contributed by atoms with Crippen molar-refractivity contribution in [1.82, 2.24) is 14.9 Å². The van der Waals surface area contributed by atoms with Crippen LogP contribution in [0.5, 0.6) is 0 Å². The summed E-state index contributed by atoms with van der Waals surface area (Å²) >= 11 is 6.15. The highest BCUT2D eigenvalue weighted by Gasteiger charge is 2.45. The van der Waals surface area contributed by atoms with Crippen molar-refractivity contribution in [2.75, 3.05) is 0 Å². The summed E-state index contributed by atoms with van der Waals surface area (Å²) in [6, 6.07) is -1.38. The SMILES string of the molecule is CC(N1C(Cl)=C(c2c(F)cc(F)cc2F)C=NC1c1cnccn1)C(F)(F)F. The molecular formula is C17H11ClF6N4. The van der Waals surface area contributed by atoms with E-state index in [1.807, 2.05) is 0 Å². The molecule has 1 aliphatic heterocycles. The first-order valence-electron chi connectivity index (χ1n) is 7.80. The van der Waals surface area contributed by atoms with Gasteiger partial charge in [0.2, 0.25) is 0 Å². The Morgan fingerprint density at radius 2 is 1.75 bits per heavy atom. The molecule has 1 aromatic carbocycles. The highest BCUT2D eigenvalue weighted by Crippen LogP contribution is 2.41. The minimum Gasteiger partial charge on any atom is -0.323 e. The van der Waals surface area contributed by atoms with E-state index in [4.69, 9.17) is 11.6 Å². The summed E-state index contributed by atoms with van der Waals surface area (Å²) in [4.78, 5) is 12.3. The Kier molecular flexibility index (Phi) is 5.33. The molecule has 0 saturated heterocycles. The highest BCUT2D eigenvalue weighted by atomic mass is 35.5. The van der Waals surface area contributed by atoms with Crippen LogP contribution < -0.4 is 0 Å². The zero-order chi connectivity index (χ0) is 20.6. The molecule has 0 spiro atoms. The van der Waals surface area contributed by atoms with E-state index in [-0.39, 0.29) is 5.69 Å². The van der Waals surface area contributed by atoms with Crippen LogP contribution in [-0.2, 0) is 0 Å². The van der Waals surface area contributed by atoms with E-state index >= 15 is 0 Å². The van der Waals surface area contributed by atoms with E-state index in [0.29, 0.717) is 17.0 Å². The molecule has 2 heterocycles. The fourth-order valence-electron chi connectivity index (χ4n) is 2.69. The van der Waals surface area contributed by atoms with Gasteiger partial charge in [0, 0.05) is 36.3 Å². The molecule has 0 bridgehead atoms. The molecule has 1 aliphatic rings. The van der Waals surface area contributed by atoms with E-state index < -0.39 is 52.1 Å². The van der Waals surface area contributed by atoms with Gasteiger partial charge in [0.05, 0.1) is 11.8 Å². The van der Waals surface area contributed by atoms with E-state index in [1.165, 1.54) is 18.6 Å². The van der Waals surface area contributed by atoms with Crippen molar-refractivity contribution in [3.63, 3.8) is 0 Å². The van der Waals surface area contributed by atoms with Gasteiger partial charge in [-0.05, 0) is 6.92 Å². The summed E-state index contributed by atoms with van der Waals surface area (Å²) in [5.74, 6) is -3.83. The quantitative estimate of drug-likeness (QED) is 0.527. The van der Waals surface area contributed by atoms with Crippen molar-refractivity contribution in [2.24, 2.45) is 4.99 Å². The second-order valence-corrected chi connectivity index (χ2v) is 6.21. The average molecular weight is 421 g/mol. The summed E-state index contributed by atoms with van der Waals surface area (Å²) in [7, 11) is 0. The molecule has 0 N–H and O–H groups in total. The first-order chi connectivity index (χ1) is 13.1. The van der Waals surface area contributed by atoms with Gasteiger partial charge < -0.3 is 4.90 Å². The summed E-state index contributed by atoms with van der Waals surface area (Å²) in [5.41, 5.74) is -1.19. The fraction of sp³-hybridized carbons (Fsp3) is 0.235. The van der Waals surface area contributed by atoms with Gasteiger partial charge in [0.25, 0.3) is 0 Å². The Bertz CT molecular complexity index is 921. The van der Waals surface area contributed by atoms with E-state index in [2.05, 4.69) is 15.0 Å². The Morgan fingerprint density at radius 3 is 2.29 bits per heavy atom. The van der Waals surface area contributed by atoms with Crippen molar-refractivity contribution in [2.45, 2.75) is 25.3 Å². The zero-order valence-corrected chi connectivity index (χ0v) is 14.8. The summed E-state index contributed by atoms with van der Waals surface area (Å²) in [6.07, 6.45) is -1.35. The predicted octanol–water partition coefficient (Wildman–Crippen LogP) is 4.84. The molecule has 11 heteroatoms. The third-order valence-electron chi connectivity index (χ3n) is 4.07.